The largest absolute Gasteiger partial charge is 0.454 e. The van der Waals surface area contributed by atoms with E-state index < -0.39 is 0 Å². The van der Waals surface area contributed by atoms with Crippen molar-refractivity contribution in [3.8, 4) is 11.5 Å². The molecule has 1 aliphatic heterocycles. The van der Waals surface area contributed by atoms with Crippen molar-refractivity contribution in [2.24, 2.45) is 0 Å². The van der Waals surface area contributed by atoms with Crippen LogP contribution in [0.4, 0.5) is 10.2 Å². The maximum absolute atomic E-state index is 13.5. The lowest BCUT2D eigenvalue weighted by Gasteiger charge is -2.09. The Balaban J connectivity index is 1.40. The van der Waals surface area contributed by atoms with Crippen molar-refractivity contribution in [1.29, 1.82) is 0 Å². The van der Waals surface area contributed by atoms with Crippen molar-refractivity contribution in [1.82, 2.24) is 19.6 Å². The predicted molar refractivity (Wildman–Crippen MR) is 105 cm³/mol. The van der Waals surface area contributed by atoms with E-state index in [0.29, 0.717) is 24.6 Å². The smallest absolute Gasteiger partial charge is 0.254 e. The Labute approximate surface area is 166 Å². The van der Waals surface area contributed by atoms with Crippen molar-refractivity contribution in [2.75, 3.05) is 12.1 Å². The molecule has 0 amide bonds. The normalized spacial score (nSPS) is 12.5. The third-order valence-electron chi connectivity index (χ3n) is 4.65. The average Bonchev–Trinajstić information content (AvgIpc) is 3.32. The molecule has 3 heterocycles. The number of nitrogens with one attached hydrogen (secondary N) is 1. The number of fused-ring (bicyclic) bond motifs is 2. The van der Waals surface area contributed by atoms with Gasteiger partial charge in [0.05, 0.1) is 0 Å². The van der Waals surface area contributed by atoms with Crippen LogP contribution in [-0.2, 0) is 13.0 Å². The molecule has 1 aliphatic rings. The van der Waals surface area contributed by atoms with E-state index in [4.69, 9.17) is 9.47 Å². The number of aryl methyl sites for hydroxylation is 1. The third kappa shape index (κ3) is 3.56. The minimum atomic E-state index is -0.272. The van der Waals surface area contributed by atoms with E-state index in [-0.39, 0.29) is 12.6 Å². The standard InChI is InChI=1S/C21H18FN5O2/c1-13-7-20(23-11-15-5-6-17-18(9-15)29-12-28-17)27-21(24-13)25-19(26-27)10-14-3-2-4-16(22)8-14/h2-9,23H,10-12H2,1H3. The van der Waals surface area contributed by atoms with Crippen molar-refractivity contribution >= 4 is 11.6 Å². The molecule has 146 valence electrons. The van der Waals surface area contributed by atoms with Gasteiger partial charge in [-0.1, -0.05) is 18.2 Å². The zero-order chi connectivity index (χ0) is 19.8. The summed E-state index contributed by atoms with van der Waals surface area (Å²) in [7, 11) is 0. The molecule has 0 bridgehead atoms. The first-order valence-corrected chi connectivity index (χ1v) is 9.24. The molecule has 2 aromatic carbocycles. The van der Waals surface area contributed by atoms with Gasteiger partial charge in [-0.3, -0.25) is 0 Å². The number of halogens is 1. The van der Waals surface area contributed by atoms with Crippen molar-refractivity contribution in [3.05, 3.63) is 77.0 Å². The second-order valence-corrected chi connectivity index (χ2v) is 6.87. The molecule has 0 saturated heterocycles. The second kappa shape index (κ2) is 7.05. The molecule has 8 heteroatoms. The topological polar surface area (TPSA) is 73.6 Å². The van der Waals surface area contributed by atoms with Crippen LogP contribution in [0.25, 0.3) is 5.78 Å². The van der Waals surface area contributed by atoms with Crippen LogP contribution < -0.4 is 14.8 Å². The summed E-state index contributed by atoms with van der Waals surface area (Å²) in [5.41, 5.74) is 2.69. The summed E-state index contributed by atoms with van der Waals surface area (Å²) >= 11 is 0. The summed E-state index contributed by atoms with van der Waals surface area (Å²) in [6.07, 6.45) is 0.432. The van der Waals surface area contributed by atoms with E-state index in [1.54, 1.807) is 10.6 Å². The molecule has 7 nitrogen and oxygen atoms in total. The van der Waals surface area contributed by atoms with E-state index in [1.165, 1.54) is 12.1 Å². The second-order valence-electron chi connectivity index (χ2n) is 6.87. The zero-order valence-electron chi connectivity index (χ0n) is 15.7. The van der Waals surface area contributed by atoms with Crippen molar-refractivity contribution in [2.45, 2.75) is 19.9 Å². The Kier molecular flexibility index (Phi) is 4.23. The van der Waals surface area contributed by atoms with Gasteiger partial charge in [0.15, 0.2) is 17.3 Å². The number of aromatic nitrogens is 4. The molecule has 0 radical (unpaired) electrons. The fraction of sp³-hybridized carbons (Fsp3) is 0.190. The van der Waals surface area contributed by atoms with Crippen molar-refractivity contribution < 1.29 is 13.9 Å². The molecule has 5 rings (SSSR count). The molecule has 0 saturated carbocycles. The predicted octanol–water partition coefficient (Wildman–Crippen LogP) is 3.50. The summed E-state index contributed by atoms with van der Waals surface area (Å²) < 4.78 is 25.9. The van der Waals surface area contributed by atoms with Gasteiger partial charge in [-0.2, -0.15) is 9.50 Å². The Hall–Kier alpha value is -3.68. The Morgan fingerprint density at radius 3 is 2.83 bits per heavy atom. The lowest BCUT2D eigenvalue weighted by atomic mass is 10.1. The molecule has 0 spiro atoms. The van der Waals surface area contributed by atoms with Gasteiger partial charge in [0.2, 0.25) is 6.79 Å². The van der Waals surface area contributed by atoms with Crippen LogP contribution in [0.1, 0.15) is 22.6 Å². The summed E-state index contributed by atoms with van der Waals surface area (Å²) in [5.74, 6) is 3.10. The van der Waals surface area contributed by atoms with E-state index in [9.17, 15) is 4.39 Å². The minimum absolute atomic E-state index is 0.253. The molecular formula is C21H18FN5O2. The number of hydrogen-bond donors (Lipinski definition) is 1. The Bertz CT molecular complexity index is 1210. The molecule has 0 aliphatic carbocycles. The number of anilines is 1. The minimum Gasteiger partial charge on any atom is -0.454 e. The van der Waals surface area contributed by atoms with Crippen LogP contribution in [0, 0.1) is 12.7 Å². The van der Waals surface area contributed by atoms with Crippen LogP contribution in [-0.4, -0.2) is 26.4 Å². The van der Waals surface area contributed by atoms with E-state index in [2.05, 4.69) is 20.4 Å². The fourth-order valence-electron chi connectivity index (χ4n) is 3.30. The summed E-state index contributed by atoms with van der Waals surface area (Å²) in [4.78, 5) is 8.96. The average molecular weight is 391 g/mol. The molecule has 0 atom stereocenters. The third-order valence-corrected chi connectivity index (χ3v) is 4.65. The van der Waals surface area contributed by atoms with Crippen LogP contribution in [0.15, 0.2) is 48.5 Å². The Morgan fingerprint density at radius 2 is 1.93 bits per heavy atom. The van der Waals surface area contributed by atoms with Gasteiger partial charge < -0.3 is 14.8 Å². The first-order valence-electron chi connectivity index (χ1n) is 9.24. The lowest BCUT2D eigenvalue weighted by molar-refractivity contribution is 0.174. The zero-order valence-corrected chi connectivity index (χ0v) is 15.7. The molecular weight excluding hydrogens is 373 g/mol. The molecule has 1 N–H and O–H groups in total. The summed E-state index contributed by atoms with van der Waals surface area (Å²) in [6.45, 7) is 2.74. The Morgan fingerprint density at radius 1 is 1.03 bits per heavy atom. The van der Waals surface area contributed by atoms with Gasteiger partial charge in [0, 0.05) is 24.7 Å². The monoisotopic (exact) mass is 391 g/mol. The first-order chi connectivity index (χ1) is 14.1. The van der Waals surface area contributed by atoms with E-state index in [1.807, 2.05) is 37.3 Å². The van der Waals surface area contributed by atoms with Gasteiger partial charge in [-0.05, 0) is 42.3 Å². The summed E-state index contributed by atoms with van der Waals surface area (Å²) in [5, 5.41) is 7.95. The van der Waals surface area contributed by atoms with Gasteiger partial charge >= 0.3 is 0 Å². The fourth-order valence-corrected chi connectivity index (χ4v) is 3.30. The maximum Gasteiger partial charge on any atom is 0.254 e. The van der Waals surface area contributed by atoms with Gasteiger partial charge in [0.25, 0.3) is 5.78 Å². The number of rotatable bonds is 5. The van der Waals surface area contributed by atoms with Crippen LogP contribution in [0.2, 0.25) is 0 Å². The quantitative estimate of drug-likeness (QED) is 0.561. The number of ether oxygens (including phenoxy) is 2. The highest BCUT2D eigenvalue weighted by Crippen LogP contribution is 2.32. The van der Waals surface area contributed by atoms with Crippen molar-refractivity contribution in [3.63, 3.8) is 0 Å². The molecule has 0 fully saturated rings. The molecule has 4 aromatic rings. The molecule has 0 unspecified atom stereocenters. The van der Waals surface area contributed by atoms with E-state index in [0.717, 1.165) is 34.1 Å². The number of hydrogen-bond acceptors (Lipinski definition) is 6. The highest BCUT2D eigenvalue weighted by molar-refractivity contribution is 5.48. The molecule has 29 heavy (non-hydrogen) atoms. The van der Waals surface area contributed by atoms with E-state index >= 15 is 0 Å². The van der Waals surface area contributed by atoms with Crippen LogP contribution >= 0.6 is 0 Å². The van der Waals surface area contributed by atoms with Crippen LogP contribution in [0.5, 0.6) is 11.5 Å². The summed E-state index contributed by atoms with van der Waals surface area (Å²) in [6, 6.07) is 14.2. The number of benzene rings is 2. The SMILES string of the molecule is Cc1cc(NCc2ccc3c(c2)OCO3)n2nc(Cc3cccc(F)c3)nc2n1. The van der Waals surface area contributed by atoms with Gasteiger partial charge in [-0.15, -0.1) is 5.10 Å². The van der Waals surface area contributed by atoms with Crippen LogP contribution in [0.3, 0.4) is 0 Å². The first kappa shape index (κ1) is 17.4. The lowest BCUT2D eigenvalue weighted by Crippen LogP contribution is -2.07. The van der Waals surface area contributed by atoms with Gasteiger partial charge in [0.1, 0.15) is 11.6 Å². The molecule has 2 aromatic heterocycles. The highest BCUT2D eigenvalue weighted by Gasteiger charge is 2.14. The maximum atomic E-state index is 13.5. The number of nitrogens with zero attached hydrogens (tertiary/aromatic N) is 4. The van der Waals surface area contributed by atoms with Gasteiger partial charge in [-0.25, -0.2) is 9.37 Å². The highest BCUT2D eigenvalue weighted by atomic mass is 19.1.